The van der Waals surface area contributed by atoms with Crippen LogP contribution in [0.15, 0.2) is 42.5 Å². The average molecular weight is 273 g/mol. The summed E-state index contributed by atoms with van der Waals surface area (Å²) in [7, 11) is 0. The number of nitrogens with one attached hydrogen (secondary N) is 1. The molecule has 0 spiro atoms. The molecule has 3 N–H and O–H groups in total. The van der Waals surface area contributed by atoms with Gasteiger partial charge < -0.3 is 15.5 Å². The second-order valence-corrected chi connectivity index (χ2v) is 4.44. The Bertz CT molecular complexity index is 633. The summed E-state index contributed by atoms with van der Waals surface area (Å²) in [6, 6.07) is 12.0. The normalized spacial score (nSPS) is 12.2. The van der Waals surface area contributed by atoms with Crippen molar-refractivity contribution in [2.75, 3.05) is 6.54 Å². The van der Waals surface area contributed by atoms with Crippen LogP contribution in [0.25, 0.3) is 10.8 Å². The van der Waals surface area contributed by atoms with E-state index < -0.39 is 18.0 Å². The number of fused-ring (bicyclic) bond motifs is 1. The van der Waals surface area contributed by atoms with E-state index in [1.165, 1.54) is 0 Å². The molecule has 0 aliphatic carbocycles. The molecule has 5 heteroatoms. The van der Waals surface area contributed by atoms with Crippen molar-refractivity contribution in [2.45, 2.75) is 12.5 Å². The second kappa shape index (κ2) is 6.16. The Morgan fingerprint density at radius 2 is 1.75 bits per heavy atom. The Morgan fingerprint density at radius 3 is 2.45 bits per heavy atom. The van der Waals surface area contributed by atoms with E-state index in [1.54, 1.807) is 12.1 Å². The van der Waals surface area contributed by atoms with E-state index in [0.29, 0.717) is 5.56 Å². The minimum Gasteiger partial charge on any atom is -0.481 e. The zero-order valence-electron chi connectivity index (χ0n) is 10.7. The summed E-state index contributed by atoms with van der Waals surface area (Å²) in [6.07, 6.45) is -0.117. The number of rotatable bonds is 6. The second-order valence-electron chi connectivity index (χ2n) is 4.44. The highest BCUT2D eigenvalue weighted by Crippen LogP contribution is 2.24. The van der Waals surface area contributed by atoms with Gasteiger partial charge in [-0.05, 0) is 16.3 Å². The first kappa shape index (κ1) is 14.0. The fourth-order valence-corrected chi connectivity index (χ4v) is 2.16. The zero-order chi connectivity index (χ0) is 14.5. The van der Waals surface area contributed by atoms with Crippen molar-refractivity contribution in [1.82, 2.24) is 5.32 Å². The van der Waals surface area contributed by atoms with Crippen LogP contribution < -0.4 is 5.32 Å². The van der Waals surface area contributed by atoms with Crippen LogP contribution >= 0.6 is 0 Å². The van der Waals surface area contributed by atoms with Gasteiger partial charge in [-0.25, -0.2) is 0 Å². The maximum atomic E-state index is 11.4. The van der Waals surface area contributed by atoms with Crippen LogP contribution in [-0.2, 0) is 9.59 Å². The van der Waals surface area contributed by atoms with Crippen LogP contribution in [0, 0.1) is 0 Å². The quantitative estimate of drug-likeness (QED) is 0.749. The van der Waals surface area contributed by atoms with E-state index in [9.17, 15) is 14.7 Å². The van der Waals surface area contributed by atoms with Gasteiger partial charge in [0.2, 0.25) is 0 Å². The molecule has 0 aromatic heterocycles. The highest BCUT2D eigenvalue weighted by Gasteiger charge is 2.21. The van der Waals surface area contributed by atoms with Crippen molar-refractivity contribution in [3.8, 4) is 0 Å². The maximum Gasteiger partial charge on any atom is 0.325 e. The smallest absolute Gasteiger partial charge is 0.325 e. The fraction of sp³-hybridized carbons (Fsp3) is 0.200. The summed E-state index contributed by atoms with van der Waals surface area (Å²) in [5, 5.41) is 22.5. The van der Waals surface area contributed by atoms with Crippen LogP contribution in [0.4, 0.5) is 0 Å². The Balaban J connectivity index is 2.32. The molecule has 0 saturated carbocycles. The summed E-state index contributed by atoms with van der Waals surface area (Å²) in [5.41, 5.74) is 0.640. The molecule has 1 unspecified atom stereocenters. The lowest BCUT2D eigenvalue weighted by molar-refractivity contribution is -0.141. The number of hydrogen-bond acceptors (Lipinski definition) is 3. The Kier molecular flexibility index (Phi) is 4.32. The molecule has 5 nitrogen and oxygen atoms in total. The first-order valence-electron chi connectivity index (χ1n) is 6.25. The molecule has 2 rings (SSSR count). The predicted octanol–water partition coefficient (Wildman–Crippen LogP) is 2.03. The van der Waals surface area contributed by atoms with Crippen LogP contribution in [0.1, 0.15) is 18.0 Å². The van der Waals surface area contributed by atoms with Gasteiger partial charge in [0.1, 0.15) is 6.04 Å². The van der Waals surface area contributed by atoms with Crippen molar-refractivity contribution >= 4 is 22.7 Å². The molecule has 0 saturated heterocycles. The average Bonchev–Trinajstić information content (AvgIpc) is 2.42. The summed E-state index contributed by atoms with van der Waals surface area (Å²) in [4.78, 5) is 21.9. The molecule has 0 aliphatic heterocycles. The molecule has 0 amide bonds. The van der Waals surface area contributed by atoms with Gasteiger partial charge in [-0.2, -0.15) is 0 Å². The molecule has 0 fully saturated rings. The van der Waals surface area contributed by atoms with Crippen molar-refractivity contribution in [2.24, 2.45) is 0 Å². The van der Waals surface area contributed by atoms with Crippen LogP contribution in [0.3, 0.4) is 0 Å². The van der Waals surface area contributed by atoms with Gasteiger partial charge in [0.05, 0.1) is 6.42 Å². The maximum absolute atomic E-state index is 11.4. The van der Waals surface area contributed by atoms with Gasteiger partial charge in [-0.15, -0.1) is 0 Å². The molecular formula is C15H15NO4. The number of hydrogen-bond donors (Lipinski definition) is 3. The van der Waals surface area contributed by atoms with Crippen molar-refractivity contribution in [1.29, 1.82) is 0 Å². The molecule has 2 aromatic carbocycles. The molecule has 0 radical (unpaired) electrons. The Labute approximate surface area is 115 Å². The minimum absolute atomic E-state index is 0.107. The molecule has 104 valence electrons. The van der Waals surface area contributed by atoms with E-state index >= 15 is 0 Å². The van der Waals surface area contributed by atoms with Gasteiger partial charge in [-0.3, -0.25) is 9.59 Å². The first-order chi connectivity index (χ1) is 9.59. The molecule has 0 aliphatic rings. The fourth-order valence-electron chi connectivity index (χ4n) is 2.16. The number of carbonyl (C=O) groups is 2. The van der Waals surface area contributed by atoms with E-state index in [4.69, 9.17) is 5.11 Å². The molecule has 0 bridgehead atoms. The van der Waals surface area contributed by atoms with Crippen LogP contribution in [0.5, 0.6) is 0 Å². The lowest BCUT2D eigenvalue weighted by Crippen LogP contribution is -2.30. The number of carboxylic acids is 2. The van der Waals surface area contributed by atoms with E-state index in [2.05, 4.69) is 5.32 Å². The summed E-state index contributed by atoms with van der Waals surface area (Å²) in [6.45, 7) is 0.107. The van der Waals surface area contributed by atoms with Crippen LogP contribution in [-0.4, -0.2) is 28.7 Å². The third-order valence-corrected chi connectivity index (χ3v) is 3.07. The lowest BCUT2D eigenvalue weighted by atomic mass is 9.98. The van der Waals surface area contributed by atoms with Gasteiger partial charge >= 0.3 is 11.9 Å². The number of benzene rings is 2. The highest BCUT2D eigenvalue weighted by molar-refractivity contribution is 5.90. The van der Waals surface area contributed by atoms with Gasteiger partial charge in [-0.1, -0.05) is 42.5 Å². The summed E-state index contributed by atoms with van der Waals surface area (Å²) in [5.74, 6) is -1.98. The minimum atomic E-state index is -1.02. The predicted molar refractivity (Wildman–Crippen MR) is 74.6 cm³/mol. The molecule has 0 heterocycles. The SMILES string of the molecule is O=C(O)CCNC(C(=O)O)c1cccc2ccccc12. The zero-order valence-corrected chi connectivity index (χ0v) is 10.7. The first-order valence-corrected chi connectivity index (χ1v) is 6.25. The molecule has 2 aromatic rings. The topological polar surface area (TPSA) is 86.6 Å². The van der Waals surface area contributed by atoms with Crippen molar-refractivity contribution < 1.29 is 19.8 Å². The number of aliphatic carboxylic acids is 2. The van der Waals surface area contributed by atoms with Gasteiger partial charge in [0, 0.05) is 6.54 Å². The summed E-state index contributed by atoms with van der Waals surface area (Å²) >= 11 is 0. The van der Waals surface area contributed by atoms with Crippen molar-refractivity contribution in [3.63, 3.8) is 0 Å². The highest BCUT2D eigenvalue weighted by atomic mass is 16.4. The molecular weight excluding hydrogens is 258 g/mol. The van der Waals surface area contributed by atoms with E-state index in [-0.39, 0.29) is 13.0 Å². The van der Waals surface area contributed by atoms with Crippen LogP contribution in [0.2, 0.25) is 0 Å². The Morgan fingerprint density at radius 1 is 1.05 bits per heavy atom. The summed E-state index contributed by atoms with van der Waals surface area (Å²) < 4.78 is 0. The van der Waals surface area contributed by atoms with Gasteiger partial charge in [0.25, 0.3) is 0 Å². The molecule has 1 atom stereocenters. The van der Waals surface area contributed by atoms with Crippen molar-refractivity contribution in [3.05, 3.63) is 48.0 Å². The third-order valence-electron chi connectivity index (χ3n) is 3.07. The van der Waals surface area contributed by atoms with Gasteiger partial charge in [0.15, 0.2) is 0 Å². The Hall–Kier alpha value is -2.40. The monoisotopic (exact) mass is 273 g/mol. The number of carboxylic acid groups (broad SMARTS) is 2. The van der Waals surface area contributed by atoms with E-state index in [1.807, 2.05) is 30.3 Å². The van der Waals surface area contributed by atoms with E-state index in [0.717, 1.165) is 10.8 Å². The lowest BCUT2D eigenvalue weighted by Gasteiger charge is -2.16. The largest absolute Gasteiger partial charge is 0.481 e. The third kappa shape index (κ3) is 3.13. The molecule has 20 heavy (non-hydrogen) atoms. The standard InChI is InChI=1S/C15H15NO4/c17-13(18)8-9-16-14(15(19)20)12-7-3-5-10-4-1-2-6-11(10)12/h1-7,14,16H,8-9H2,(H,17,18)(H,19,20).